The lowest BCUT2D eigenvalue weighted by molar-refractivity contribution is -0.115. The molecule has 0 saturated heterocycles. The molecule has 0 unspecified atom stereocenters. The SMILES string of the molecule is Cc1cc(S(=O)(=O)NCC(=O)Nc2ccc(C(C)C)cc2)ccc1F. The molecule has 7 heteroatoms. The van der Waals surface area contributed by atoms with Gasteiger partial charge in [0.15, 0.2) is 0 Å². The fourth-order valence-electron chi connectivity index (χ4n) is 2.18. The molecule has 2 rings (SSSR count). The van der Waals surface area contributed by atoms with Crippen LogP contribution in [-0.2, 0) is 14.8 Å². The fraction of sp³-hybridized carbons (Fsp3) is 0.278. The molecule has 0 heterocycles. The summed E-state index contributed by atoms with van der Waals surface area (Å²) in [6.45, 7) is 5.20. The largest absolute Gasteiger partial charge is 0.325 e. The maximum atomic E-state index is 13.2. The molecule has 0 radical (unpaired) electrons. The summed E-state index contributed by atoms with van der Waals surface area (Å²) in [4.78, 5) is 11.8. The van der Waals surface area contributed by atoms with Crippen molar-refractivity contribution in [2.24, 2.45) is 0 Å². The van der Waals surface area contributed by atoms with E-state index in [-0.39, 0.29) is 10.5 Å². The zero-order valence-electron chi connectivity index (χ0n) is 14.3. The Morgan fingerprint density at radius 1 is 1.12 bits per heavy atom. The molecule has 0 spiro atoms. The van der Waals surface area contributed by atoms with Crippen molar-refractivity contribution in [2.75, 3.05) is 11.9 Å². The molecule has 2 N–H and O–H groups in total. The molecule has 0 atom stereocenters. The summed E-state index contributed by atoms with van der Waals surface area (Å²) in [5.41, 5.74) is 1.95. The first-order valence-electron chi connectivity index (χ1n) is 7.84. The van der Waals surface area contributed by atoms with E-state index < -0.39 is 28.3 Å². The molecule has 5 nitrogen and oxygen atoms in total. The molecule has 25 heavy (non-hydrogen) atoms. The summed E-state index contributed by atoms with van der Waals surface area (Å²) in [5.74, 6) is -0.586. The number of aryl methyl sites for hydroxylation is 1. The van der Waals surface area contributed by atoms with Crippen LogP contribution in [0.4, 0.5) is 10.1 Å². The van der Waals surface area contributed by atoms with E-state index in [1.165, 1.54) is 13.0 Å². The smallest absolute Gasteiger partial charge is 0.241 e. The van der Waals surface area contributed by atoms with Gasteiger partial charge >= 0.3 is 0 Å². The number of halogens is 1. The predicted octanol–water partition coefficient (Wildman–Crippen LogP) is 3.17. The van der Waals surface area contributed by atoms with Gasteiger partial charge in [0.1, 0.15) is 5.82 Å². The van der Waals surface area contributed by atoms with Gasteiger partial charge in [0.25, 0.3) is 0 Å². The second-order valence-corrected chi connectivity index (χ2v) is 7.83. The average Bonchev–Trinajstić information content (AvgIpc) is 2.56. The van der Waals surface area contributed by atoms with Crippen molar-refractivity contribution in [2.45, 2.75) is 31.6 Å². The zero-order valence-corrected chi connectivity index (χ0v) is 15.2. The number of rotatable bonds is 6. The maximum absolute atomic E-state index is 13.2. The van der Waals surface area contributed by atoms with Crippen LogP contribution in [0.1, 0.15) is 30.9 Å². The minimum atomic E-state index is -3.88. The first kappa shape index (κ1) is 19.1. The van der Waals surface area contributed by atoms with Gasteiger partial charge in [0.2, 0.25) is 15.9 Å². The third kappa shape index (κ3) is 5.11. The normalized spacial score (nSPS) is 11.6. The number of anilines is 1. The number of nitrogens with one attached hydrogen (secondary N) is 2. The van der Waals surface area contributed by atoms with E-state index in [1.54, 1.807) is 12.1 Å². The molecular formula is C18H21FN2O3S. The second kappa shape index (κ2) is 7.76. The molecule has 1 amide bonds. The van der Waals surface area contributed by atoms with Crippen molar-refractivity contribution >= 4 is 21.6 Å². The van der Waals surface area contributed by atoms with Crippen LogP contribution in [0.25, 0.3) is 0 Å². The van der Waals surface area contributed by atoms with E-state index in [9.17, 15) is 17.6 Å². The molecule has 0 saturated carbocycles. The Bertz CT molecular complexity index is 862. The van der Waals surface area contributed by atoms with Gasteiger partial charge in [-0.25, -0.2) is 17.5 Å². The minimum absolute atomic E-state index is 0.0829. The Morgan fingerprint density at radius 3 is 2.32 bits per heavy atom. The molecule has 2 aromatic rings. The van der Waals surface area contributed by atoms with Crippen molar-refractivity contribution in [1.29, 1.82) is 0 Å². The Balaban J connectivity index is 1.97. The first-order chi connectivity index (χ1) is 11.7. The molecule has 0 aliphatic carbocycles. The van der Waals surface area contributed by atoms with E-state index in [0.717, 1.165) is 17.7 Å². The zero-order chi connectivity index (χ0) is 18.6. The van der Waals surface area contributed by atoms with Crippen molar-refractivity contribution in [3.63, 3.8) is 0 Å². The van der Waals surface area contributed by atoms with Gasteiger partial charge in [-0.3, -0.25) is 4.79 Å². The Hall–Kier alpha value is -2.25. The minimum Gasteiger partial charge on any atom is -0.325 e. The number of sulfonamides is 1. The molecule has 0 fully saturated rings. The molecule has 0 bridgehead atoms. The van der Waals surface area contributed by atoms with Crippen molar-refractivity contribution in [3.8, 4) is 0 Å². The first-order valence-corrected chi connectivity index (χ1v) is 9.33. The lowest BCUT2D eigenvalue weighted by Gasteiger charge is -2.10. The number of hydrogen-bond acceptors (Lipinski definition) is 3. The third-order valence-corrected chi connectivity index (χ3v) is 5.12. The highest BCUT2D eigenvalue weighted by Crippen LogP contribution is 2.17. The highest BCUT2D eigenvalue weighted by Gasteiger charge is 2.16. The van der Waals surface area contributed by atoms with Crippen LogP contribution >= 0.6 is 0 Å². The highest BCUT2D eigenvalue weighted by molar-refractivity contribution is 7.89. The van der Waals surface area contributed by atoms with Crippen molar-refractivity contribution in [3.05, 3.63) is 59.4 Å². The lowest BCUT2D eigenvalue weighted by atomic mass is 10.0. The summed E-state index contributed by atoms with van der Waals surface area (Å²) >= 11 is 0. The molecule has 0 aliphatic rings. The number of carbonyl (C=O) groups excluding carboxylic acids is 1. The van der Waals surface area contributed by atoms with E-state index in [4.69, 9.17) is 0 Å². The standard InChI is InChI=1S/C18H21FN2O3S/c1-12(2)14-4-6-15(7-5-14)21-18(22)11-20-25(23,24)16-8-9-17(19)13(3)10-16/h4-10,12,20H,11H2,1-3H3,(H,21,22). The van der Waals surface area contributed by atoms with Crippen LogP contribution in [0.5, 0.6) is 0 Å². The number of amides is 1. The van der Waals surface area contributed by atoms with Crippen molar-refractivity contribution < 1.29 is 17.6 Å². The summed E-state index contributed by atoms with van der Waals surface area (Å²) < 4.78 is 39.8. The summed E-state index contributed by atoms with van der Waals surface area (Å²) in [6, 6.07) is 10.8. The van der Waals surface area contributed by atoms with Crippen LogP contribution < -0.4 is 10.0 Å². The van der Waals surface area contributed by atoms with Gasteiger partial charge < -0.3 is 5.32 Å². The monoisotopic (exact) mass is 364 g/mol. The molecule has 2 aromatic carbocycles. The quantitative estimate of drug-likeness (QED) is 0.827. The number of hydrogen-bond donors (Lipinski definition) is 2. The van der Waals surface area contributed by atoms with Crippen molar-refractivity contribution in [1.82, 2.24) is 4.72 Å². The molecule has 0 aromatic heterocycles. The van der Waals surface area contributed by atoms with Crippen LogP contribution in [-0.4, -0.2) is 20.9 Å². The summed E-state index contributed by atoms with van der Waals surface area (Å²) in [7, 11) is -3.88. The summed E-state index contributed by atoms with van der Waals surface area (Å²) in [5, 5.41) is 2.63. The maximum Gasteiger partial charge on any atom is 0.241 e. The Labute approximate surface area is 147 Å². The van der Waals surface area contributed by atoms with Gasteiger partial charge in [0, 0.05) is 5.69 Å². The Morgan fingerprint density at radius 2 is 1.76 bits per heavy atom. The van der Waals surface area contributed by atoms with Gasteiger partial charge in [-0.2, -0.15) is 0 Å². The molecular weight excluding hydrogens is 343 g/mol. The van der Waals surface area contributed by atoms with E-state index in [1.807, 2.05) is 12.1 Å². The van der Waals surface area contributed by atoms with Gasteiger partial charge in [-0.1, -0.05) is 26.0 Å². The molecule has 0 aliphatic heterocycles. The lowest BCUT2D eigenvalue weighted by Crippen LogP contribution is -2.33. The van der Waals surface area contributed by atoms with Crippen LogP contribution in [0.3, 0.4) is 0 Å². The average molecular weight is 364 g/mol. The van der Waals surface area contributed by atoms with Gasteiger partial charge in [-0.15, -0.1) is 0 Å². The van der Waals surface area contributed by atoms with Crippen LogP contribution in [0, 0.1) is 12.7 Å². The number of carbonyl (C=O) groups is 1. The number of benzene rings is 2. The highest BCUT2D eigenvalue weighted by atomic mass is 32.2. The van der Waals surface area contributed by atoms with E-state index >= 15 is 0 Å². The summed E-state index contributed by atoms with van der Waals surface area (Å²) in [6.07, 6.45) is 0. The van der Waals surface area contributed by atoms with E-state index in [0.29, 0.717) is 11.6 Å². The topological polar surface area (TPSA) is 75.3 Å². The predicted molar refractivity (Wildman–Crippen MR) is 95.5 cm³/mol. The molecule has 134 valence electrons. The van der Waals surface area contributed by atoms with E-state index in [2.05, 4.69) is 23.9 Å². The Kier molecular flexibility index (Phi) is 5.92. The third-order valence-electron chi connectivity index (χ3n) is 3.72. The van der Waals surface area contributed by atoms with Gasteiger partial charge in [-0.05, 0) is 54.3 Å². The fourth-order valence-corrected chi connectivity index (χ4v) is 3.25. The van der Waals surface area contributed by atoms with Crippen LogP contribution in [0.15, 0.2) is 47.4 Å². The van der Waals surface area contributed by atoms with Gasteiger partial charge in [0.05, 0.1) is 11.4 Å². The second-order valence-electron chi connectivity index (χ2n) is 6.06. The van der Waals surface area contributed by atoms with Crippen LogP contribution in [0.2, 0.25) is 0 Å².